The van der Waals surface area contributed by atoms with E-state index in [4.69, 9.17) is 10.5 Å². The van der Waals surface area contributed by atoms with Gasteiger partial charge in [0.1, 0.15) is 5.75 Å². The molecule has 2 aromatic rings. The fourth-order valence-corrected chi connectivity index (χ4v) is 2.84. The minimum Gasteiger partial charge on any atom is -0.494 e. The second-order valence-corrected chi connectivity index (χ2v) is 5.36. The summed E-state index contributed by atoms with van der Waals surface area (Å²) < 4.78 is 17.7. The maximum atomic E-state index is 12.3. The molecule has 0 aliphatic heterocycles. The van der Waals surface area contributed by atoms with Crippen molar-refractivity contribution >= 4 is 16.5 Å². The molecule has 0 fully saturated rings. The number of rotatable bonds is 5. The molecule has 19 heavy (non-hydrogen) atoms. The van der Waals surface area contributed by atoms with Crippen molar-refractivity contribution in [3.8, 4) is 5.75 Å². The number of pyridine rings is 1. The van der Waals surface area contributed by atoms with Crippen molar-refractivity contribution in [1.82, 2.24) is 4.98 Å². The van der Waals surface area contributed by atoms with Gasteiger partial charge in [0, 0.05) is 11.9 Å². The van der Waals surface area contributed by atoms with Crippen molar-refractivity contribution in [3.63, 3.8) is 0 Å². The molecule has 0 aliphatic carbocycles. The predicted octanol–water partition coefficient (Wildman–Crippen LogP) is 2.37. The van der Waals surface area contributed by atoms with Gasteiger partial charge in [-0.1, -0.05) is 6.07 Å². The third-order valence-electron chi connectivity index (χ3n) is 2.55. The van der Waals surface area contributed by atoms with Gasteiger partial charge in [0.15, 0.2) is 0 Å². The molecule has 0 spiro atoms. The van der Waals surface area contributed by atoms with Crippen molar-refractivity contribution < 1.29 is 8.95 Å². The molecule has 2 rings (SSSR count). The molecular weight excluding hydrogens is 260 g/mol. The van der Waals surface area contributed by atoms with Crippen LogP contribution in [0.15, 0.2) is 47.5 Å². The normalized spacial score (nSPS) is 12.1. The first-order valence-electron chi connectivity index (χ1n) is 6.01. The van der Waals surface area contributed by atoms with Gasteiger partial charge in [-0.3, -0.25) is 9.19 Å². The van der Waals surface area contributed by atoms with Gasteiger partial charge >= 0.3 is 0 Å². The van der Waals surface area contributed by atoms with Crippen molar-refractivity contribution in [2.45, 2.75) is 17.6 Å². The lowest BCUT2D eigenvalue weighted by Crippen LogP contribution is -2.03. The maximum Gasteiger partial charge on any atom is 0.120 e. The zero-order valence-electron chi connectivity index (χ0n) is 10.7. The van der Waals surface area contributed by atoms with E-state index in [1.165, 1.54) is 0 Å². The minimum absolute atomic E-state index is 0.348. The highest BCUT2D eigenvalue weighted by Gasteiger charge is 2.11. The molecule has 2 N–H and O–H groups in total. The largest absolute Gasteiger partial charge is 0.494 e. The predicted molar refractivity (Wildman–Crippen MR) is 76.4 cm³/mol. The Morgan fingerprint density at radius 3 is 2.84 bits per heavy atom. The lowest BCUT2D eigenvalue weighted by atomic mass is 10.3. The monoisotopic (exact) mass is 276 g/mol. The fourth-order valence-electron chi connectivity index (χ4n) is 1.66. The molecule has 1 unspecified atom stereocenters. The Bertz CT molecular complexity index is 573. The zero-order chi connectivity index (χ0) is 13.7. The van der Waals surface area contributed by atoms with E-state index in [0.29, 0.717) is 28.7 Å². The molecule has 4 nitrogen and oxygen atoms in total. The Hall–Kier alpha value is -1.88. The van der Waals surface area contributed by atoms with Crippen LogP contribution in [0.25, 0.3) is 0 Å². The average Bonchev–Trinajstić information content (AvgIpc) is 2.42. The third-order valence-corrected chi connectivity index (χ3v) is 3.95. The van der Waals surface area contributed by atoms with Gasteiger partial charge in [-0.05, 0) is 37.3 Å². The summed E-state index contributed by atoms with van der Waals surface area (Å²) in [5.74, 6) is 1.03. The van der Waals surface area contributed by atoms with Crippen LogP contribution in [0, 0.1) is 0 Å². The Kier molecular flexibility index (Phi) is 4.52. The van der Waals surface area contributed by atoms with E-state index in [1.807, 2.05) is 25.1 Å². The summed E-state index contributed by atoms with van der Waals surface area (Å²) in [5.41, 5.74) is 7.16. The number of nitrogen functional groups attached to an aromatic ring is 1. The summed E-state index contributed by atoms with van der Waals surface area (Å²) >= 11 is 0. The summed E-state index contributed by atoms with van der Waals surface area (Å²) in [4.78, 5) is 4.76. The molecule has 1 atom stereocenters. The smallest absolute Gasteiger partial charge is 0.120 e. The molecule has 0 radical (unpaired) electrons. The number of nitrogens with two attached hydrogens (primary N) is 1. The summed E-state index contributed by atoms with van der Waals surface area (Å²) in [7, 11) is -1.23. The minimum atomic E-state index is -1.23. The number of hydrogen-bond acceptors (Lipinski definition) is 4. The SMILES string of the molecule is CCOc1ccc(N)c(S(=O)Cc2ccccn2)c1. The summed E-state index contributed by atoms with van der Waals surface area (Å²) in [6.07, 6.45) is 1.69. The van der Waals surface area contributed by atoms with E-state index < -0.39 is 10.8 Å². The van der Waals surface area contributed by atoms with Crippen LogP contribution in [0.2, 0.25) is 0 Å². The van der Waals surface area contributed by atoms with Crippen molar-refractivity contribution in [1.29, 1.82) is 0 Å². The van der Waals surface area contributed by atoms with Gasteiger partial charge in [0.05, 0.1) is 33.7 Å². The van der Waals surface area contributed by atoms with E-state index in [2.05, 4.69) is 4.98 Å². The molecule has 0 saturated heterocycles. The first-order chi connectivity index (χ1) is 9.20. The molecule has 1 aromatic heterocycles. The van der Waals surface area contributed by atoms with Gasteiger partial charge in [-0.25, -0.2) is 0 Å². The number of hydrogen-bond donors (Lipinski definition) is 1. The number of benzene rings is 1. The van der Waals surface area contributed by atoms with Crippen LogP contribution in [0.4, 0.5) is 5.69 Å². The first kappa shape index (κ1) is 13.5. The Morgan fingerprint density at radius 2 is 2.16 bits per heavy atom. The van der Waals surface area contributed by atoms with E-state index >= 15 is 0 Å². The summed E-state index contributed by atoms with van der Waals surface area (Å²) in [5, 5.41) is 0. The van der Waals surface area contributed by atoms with Crippen LogP contribution < -0.4 is 10.5 Å². The van der Waals surface area contributed by atoms with Gasteiger partial charge in [-0.15, -0.1) is 0 Å². The number of ether oxygens (including phenoxy) is 1. The summed E-state index contributed by atoms with van der Waals surface area (Å²) in [6.45, 7) is 2.47. The van der Waals surface area contributed by atoms with Crippen LogP contribution in [-0.2, 0) is 16.6 Å². The molecule has 0 bridgehead atoms. The highest BCUT2D eigenvalue weighted by Crippen LogP contribution is 2.24. The first-order valence-corrected chi connectivity index (χ1v) is 7.33. The van der Waals surface area contributed by atoms with Crippen LogP contribution in [0.3, 0.4) is 0 Å². The Balaban J connectivity index is 2.21. The fraction of sp³-hybridized carbons (Fsp3) is 0.214. The van der Waals surface area contributed by atoms with E-state index in [9.17, 15) is 4.21 Å². The molecular formula is C14H16N2O2S. The molecule has 1 aromatic carbocycles. The van der Waals surface area contributed by atoms with Crippen LogP contribution in [-0.4, -0.2) is 15.8 Å². The number of anilines is 1. The number of nitrogens with zero attached hydrogens (tertiary/aromatic N) is 1. The van der Waals surface area contributed by atoms with Crippen LogP contribution in [0.1, 0.15) is 12.6 Å². The zero-order valence-corrected chi connectivity index (χ0v) is 11.5. The van der Waals surface area contributed by atoms with Crippen molar-refractivity contribution in [2.75, 3.05) is 12.3 Å². The molecule has 0 saturated carbocycles. The van der Waals surface area contributed by atoms with Crippen LogP contribution in [0.5, 0.6) is 5.75 Å². The quantitative estimate of drug-likeness (QED) is 0.851. The molecule has 0 aliphatic rings. The molecule has 0 amide bonds. The summed E-state index contributed by atoms with van der Waals surface area (Å²) in [6, 6.07) is 10.8. The van der Waals surface area contributed by atoms with Crippen molar-refractivity contribution in [2.24, 2.45) is 0 Å². The van der Waals surface area contributed by atoms with E-state index in [0.717, 1.165) is 5.69 Å². The third kappa shape index (κ3) is 3.54. The van der Waals surface area contributed by atoms with Crippen LogP contribution >= 0.6 is 0 Å². The second kappa shape index (κ2) is 6.33. The highest BCUT2D eigenvalue weighted by atomic mass is 32.2. The Morgan fingerprint density at radius 1 is 1.32 bits per heavy atom. The maximum absolute atomic E-state index is 12.3. The molecule has 1 heterocycles. The van der Waals surface area contributed by atoms with Gasteiger partial charge < -0.3 is 10.5 Å². The van der Waals surface area contributed by atoms with Crippen molar-refractivity contribution in [3.05, 3.63) is 48.3 Å². The molecule has 5 heteroatoms. The lowest BCUT2D eigenvalue weighted by molar-refractivity contribution is 0.339. The topological polar surface area (TPSA) is 65.2 Å². The van der Waals surface area contributed by atoms with Gasteiger partial charge in [-0.2, -0.15) is 0 Å². The van der Waals surface area contributed by atoms with E-state index in [-0.39, 0.29) is 0 Å². The van der Waals surface area contributed by atoms with E-state index in [1.54, 1.807) is 24.4 Å². The highest BCUT2D eigenvalue weighted by molar-refractivity contribution is 7.84. The standard InChI is InChI=1S/C14H16N2O2S/c1-2-18-12-6-7-13(15)14(9-12)19(17)10-11-5-3-4-8-16-11/h3-9H,2,10,15H2,1H3. The molecule has 100 valence electrons. The second-order valence-electron chi connectivity index (χ2n) is 3.94. The van der Waals surface area contributed by atoms with Gasteiger partial charge in [0.25, 0.3) is 0 Å². The number of aromatic nitrogens is 1. The van der Waals surface area contributed by atoms with Gasteiger partial charge in [0.2, 0.25) is 0 Å². The average molecular weight is 276 g/mol. The lowest BCUT2D eigenvalue weighted by Gasteiger charge is -2.09. The Labute approximate surface area is 115 Å².